The van der Waals surface area contributed by atoms with Crippen molar-refractivity contribution in [1.82, 2.24) is 9.97 Å². The van der Waals surface area contributed by atoms with Gasteiger partial charge in [0, 0.05) is 13.7 Å². The SMILES string of the molecule is CCOC1(c2nc(N)c(I)c(COC)n2)CCCCC1. The summed E-state index contributed by atoms with van der Waals surface area (Å²) in [6, 6.07) is 0. The standard InChI is InChI=1S/C14H22IN3O2/c1-3-20-14(7-5-4-6-8-14)13-17-10(9-19-2)11(15)12(16)18-13/h3-9H2,1-2H3,(H2,16,17,18). The molecule has 5 nitrogen and oxygen atoms in total. The first-order valence-corrected chi connectivity index (χ1v) is 8.16. The molecule has 0 aromatic carbocycles. The van der Waals surface area contributed by atoms with Gasteiger partial charge in [0.1, 0.15) is 11.4 Å². The molecule has 6 heteroatoms. The average Bonchev–Trinajstić information content (AvgIpc) is 2.45. The molecule has 1 saturated carbocycles. The van der Waals surface area contributed by atoms with Crippen LogP contribution in [0.1, 0.15) is 50.5 Å². The Hall–Kier alpha value is -0.470. The molecule has 0 amide bonds. The number of methoxy groups -OCH3 is 1. The van der Waals surface area contributed by atoms with Crippen LogP contribution in [0.15, 0.2) is 0 Å². The largest absolute Gasteiger partial charge is 0.383 e. The van der Waals surface area contributed by atoms with E-state index in [0.29, 0.717) is 19.0 Å². The maximum atomic E-state index is 6.06. The zero-order valence-electron chi connectivity index (χ0n) is 12.1. The van der Waals surface area contributed by atoms with Gasteiger partial charge in [-0.15, -0.1) is 0 Å². The summed E-state index contributed by atoms with van der Waals surface area (Å²) in [7, 11) is 1.66. The topological polar surface area (TPSA) is 70.3 Å². The van der Waals surface area contributed by atoms with Crippen molar-refractivity contribution in [2.75, 3.05) is 19.5 Å². The average molecular weight is 391 g/mol. The number of rotatable bonds is 5. The molecule has 1 aromatic heterocycles. The first-order chi connectivity index (χ1) is 9.63. The third-order valence-electron chi connectivity index (χ3n) is 3.72. The molecule has 1 aromatic rings. The maximum absolute atomic E-state index is 6.06. The zero-order valence-corrected chi connectivity index (χ0v) is 14.3. The smallest absolute Gasteiger partial charge is 0.163 e. The molecule has 1 heterocycles. The first kappa shape index (κ1) is 15.9. The Bertz CT molecular complexity index is 456. The van der Waals surface area contributed by atoms with E-state index in [2.05, 4.69) is 32.6 Å². The second kappa shape index (κ2) is 7.00. The number of hydrogen-bond acceptors (Lipinski definition) is 5. The minimum Gasteiger partial charge on any atom is -0.383 e. The number of ether oxygens (including phenoxy) is 2. The van der Waals surface area contributed by atoms with E-state index < -0.39 is 0 Å². The second-order valence-electron chi connectivity index (χ2n) is 5.11. The van der Waals surface area contributed by atoms with Gasteiger partial charge in [-0.25, -0.2) is 9.97 Å². The minimum absolute atomic E-state index is 0.367. The highest BCUT2D eigenvalue weighted by Gasteiger charge is 2.38. The summed E-state index contributed by atoms with van der Waals surface area (Å²) in [5.41, 5.74) is 6.52. The highest BCUT2D eigenvalue weighted by Crippen LogP contribution is 2.39. The highest BCUT2D eigenvalue weighted by atomic mass is 127. The highest BCUT2D eigenvalue weighted by molar-refractivity contribution is 14.1. The van der Waals surface area contributed by atoms with Gasteiger partial charge in [-0.2, -0.15) is 0 Å². The minimum atomic E-state index is -0.367. The monoisotopic (exact) mass is 391 g/mol. The Morgan fingerprint density at radius 3 is 2.55 bits per heavy atom. The lowest BCUT2D eigenvalue weighted by atomic mass is 9.83. The number of aromatic nitrogens is 2. The lowest BCUT2D eigenvalue weighted by Crippen LogP contribution is -2.35. The predicted octanol–water partition coefficient (Wildman–Crippen LogP) is 3.01. The molecule has 0 atom stereocenters. The van der Waals surface area contributed by atoms with Crippen molar-refractivity contribution in [1.29, 1.82) is 0 Å². The van der Waals surface area contributed by atoms with Gasteiger partial charge < -0.3 is 15.2 Å². The Labute approximate surface area is 133 Å². The molecular weight excluding hydrogens is 369 g/mol. The molecule has 0 bridgehead atoms. The van der Waals surface area contributed by atoms with Gasteiger partial charge in [-0.05, 0) is 42.4 Å². The van der Waals surface area contributed by atoms with E-state index in [-0.39, 0.29) is 5.60 Å². The normalized spacial score (nSPS) is 18.1. The predicted molar refractivity (Wildman–Crippen MR) is 86.3 cm³/mol. The van der Waals surface area contributed by atoms with E-state index in [1.165, 1.54) is 6.42 Å². The van der Waals surface area contributed by atoms with Crippen LogP contribution >= 0.6 is 22.6 Å². The van der Waals surface area contributed by atoms with Crippen molar-refractivity contribution in [2.45, 2.75) is 51.2 Å². The Balaban J connectivity index is 2.42. The number of anilines is 1. The van der Waals surface area contributed by atoms with Crippen molar-refractivity contribution in [3.8, 4) is 0 Å². The molecule has 0 radical (unpaired) electrons. The Morgan fingerprint density at radius 2 is 1.95 bits per heavy atom. The van der Waals surface area contributed by atoms with Crippen LogP contribution in [0.4, 0.5) is 5.82 Å². The Kier molecular flexibility index (Phi) is 5.57. The molecule has 1 fully saturated rings. The number of nitrogens with zero attached hydrogens (tertiary/aromatic N) is 2. The van der Waals surface area contributed by atoms with E-state index in [4.69, 9.17) is 15.2 Å². The Morgan fingerprint density at radius 1 is 1.25 bits per heavy atom. The van der Waals surface area contributed by atoms with Crippen molar-refractivity contribution >= 4 is 28.4 Å². The molecule has 1 aliphatic carbocycles. The first-order valence-electron chi connectivity index (χ1n) is 7.08. The summed E-state index contributed by atoms with van der Waals surface area (Å²) in [5, 5.41) is 0. The second-order valence-corrected chi connectivity index (χ2v) is 6.19. The molecule has 1 aliphatic rings. The lowest BCUT2D eigenvalue weighted by molar-refractivity contribution is -0.0768. The number of nitrogen functional groups attached to an aromatic ring is 1. The van der Waals surface area contributed by atoms with Crippen LogP contribution in [-0.4, -0.2) is 23.7 Å². The van der Waals surface area contributed by atoms with Crippen LogP contribution in [0.5, 0.6) is 0 Å². The molecular formula is C14H22IN3O2. The van der Waals surface area contributed by atoms with Gasteiger partial charge in [-0.3, -0.25) is 0 Å². The molecule has 0 unspecified atom stereocenters. The van der Waals surface area contributed by atoms with Gasteiger partial charge in [0.05, 0.1) is 15.9 Å². The van der Waals surface area contributed by atoms with Crippen LogP contribution < -0.4 is 5.73 Å². The molecule has 0 saturated heterocycles. The number of hydrogen-bond donors (Lipinski definition) is 1. The summed E-state index contributed by atoms with van der Waals surface area (Å²) in [4.78, 5) is 9.20. The van der Waals surface area contributed by atoms with E-state index in [1.54, 1.807) is 7.11 Å². The quantitative estimate of drug-likeness (QED) is 0.782. The summed E-state index contributed by atoms with van der Waals surface area (Å²) >= 11 is 2.17. The molecule has 20 heavy (non-hydrogen) atoms. The van der Waals surface area contributed by atoms with Gasteiger partial charge >= 0.3 is 0 Å². The van der Waals surface area contributed by atoms with Crippen molar-refractivity contribution in [3.05, 3.63) is 15.1 Å². The summed E-state index contributed by atoms with van der Waals surface area (Å²) < 4.78 is 12.1. The molecule has 2 N–H and O–H groups in total. The van der Waals surface area contributed by atoms with E-state index in [9.17, 15) is 0 Å². The number of halogens is 1. The van der Waals surface area contributed by atoms with E-state index in [0.717, 1.165) is 40.8 Å². The van der Waals surface area contributed by atoms with Crippen LogP contribution in [0, 0.1) is 3.57 Å². The van der Waals surface area contributed by atoms with Crippen LogP contribution in [0.2, 0.25) is 0 Å². The van der Waals surface area contributed by atoms with Crippen LogP contribution in [0.25, 0.3) is 0 Å². The lowest BCUT2D eigenvalue weighted by Gasteiger charge is -2.35. The maximum Gasteiger partial charge on any atom is 0.163 e. The number of nitrogens with two attached hydrogens (primary N) is 1. The molecule has 0 aliphatic heterocycles. The van der Waals surface area contributed by atoms with E-state index in [1.807, 2.05) is 6.92 Å². The van der Waals surface area contributed by atoms with Crippen LogP contribution in [-0.2, 0) is 21.7 Å². The molecule has 2 rings (SSSR count). The summed E-state index contributed by atoms with van der Waals surface area (Å²) in [6.45, 7) is 3.12. The fraction of sp³-hybridized carbons (Fsp3) is 0.714. The summed E-state index contributed by atoms with van der Waals surface area (Å²) in [6.07, 6.45) is 5.48. The van der Waals surface area contributed by atoms with Gasteiger partial charge in [0.15, 0.2) is 5.82 Å². The van der Waals surface area contributed by atoms with Gasteiger partial charge in [-0.1, -0.05) is 19.3 Å². The van der Waals surface area contributed by atoms with Gasteiger partial charge in [0.2, 0.25) is 0 Å². The van der Waals surface area contributed by atoms with Crippen LogP contribution in [0.3, 0.4) is 0 Å². The summed E-state index contributed by atoms with van der Waals surface area (Å²) in [5.74, 6) is 1.25. The third-order valence-corrected chi connectivity index (χ3v) is 4.89. The fourth-order valence-corrected chi connectivity index (χ4v) is 3.18. The molecule has 0 spiro atoms. The van der Waals surface area contributed by atoms with Crippen molar-refractivity contribution in [2.24, 2.45) is 0 Å². The zero-order chi connectivity index (χ0) is 14.6. The third kappa shape index (κ3) is 3.23. The van der Waals surface area contributed by atoms with Gasteiger partial charge in [0.25, 0.3) is 0 Å². The van der Waals surface area contributed by atoms with Crippen molar-refractivity contribution in [3.63, 3.8) is 0 Å². The molecule has 112 valence electrons. The fourth-order valence-electron chi connectivity index (χ4n) is 2.78. The van der Waals surface area contributed by atoms with E-state index >= 15 is 0 Å². The van der Waals surface area contributed by atoms with Crippen molar-refractivity contribution < 1.29 is 9.47 Å².